The van der Waals surface area contributed by atoms with Gasteiger partial charge in [0.05, 0.1) is 6.10 Å². The average Bonchev–Trinajstić information content (AvgIpc) is 3.17. The van der Waals surface area contributed by atoms with Crippen molar-refractivity contribution in [2.45, 2.75) is 57.6 Å². The summed E-state index contributed by atoms with van der Waals surface area (Å²) in [6.07, 6.45) is 3.51. The number of hydrogen-bond acceptors (Lipinski definition) is 7. The first-order valence-electron chi connectivity index (χ1n) is 11.7. The largest absolute Gasteiger partial charge is 0.473 e. The number of rotatable bonds is 5. The Morgan fingerprint density at radius 3 is 2.49 bits per heavy atom. The third-order valence-corrected chi connectivity index (χ3v) is 6.35. The molecule has 1 aliphatic rings. The summed E-state index contributed by atoms with van der Waals surface area (Å²) in [5, 5.41) is 4.46. The molecule has 0 radical (unpaired) electrons. The van der Waals surface area contributed by atoms with E-state index in [-0.39, 0.29) is 23.9 Å². The summed E-state index contributed by atoms with van der Waals surface area (Å²) in [5.41, 5.74) is 1.63. The van der Waals surface area contributed by atoms with Gasteiger partial charge in [-0.15, -0.1) is 0 Å². The molecule has 1 aliphatic heterocycles. The maximum Gasteiger partial charge on any atom is 0.410 e. The van der Waals surface area contributed by atoms with Crippen molar-refractivity contribution >= 4 is 27.9 Å². The van der Waals surface area contributed by atoms with Gasteiger partial charge in [0.25, 0.3) is 0 Å². The van der Waals surface area contributed by atoms with Crippen molar-refractivity contribution < 1.29 is 22.9 Å². The highest BCUT2D eigenvalue weighted by molar-refractivity contribution is 7.84. The van der Waals surface area contributed by atoms with E-state index >= 15 is 0 Å². The van der Waals surface area contributed by atoms with Gasteiger partial charge in [-0.25, -0.2) is 14.2 Å². The number of ether oxygens (including phenoxy) is 2. The zero-order chi connectivity index (χ0) is 25.7. The third kappa shape index (κ3) is 5.95. The number of likely N-dealkylation sites (tertiary alicyclic amines) is 1. The molecule has 3 aromatic rings. The van der Waals surface area contributed by atoms with Crippen LogP contribution in [0, 0.1) is 5.82 Å². The molecule has 1 atom stereocenters. The van der Waals surface area contributed by atoms with E-state index < -0.39 is 16.6 Å². The minimum atomic E-state index is -1.29. The Bertz CT molecular complexity index is 1210. The van der Waals surface area contributed by atoms with Crippen molar-refractivity contribution in [2.24, 2.45) is 7.05 Å². The predicted octanol–water partition coefficient (Wildman–Crippen LogP) is 4.32. The first-order valence-corrected chi connectivity index (χ1v) is 13.2. The van der Waals surface area contributed by atoms with E-state index in [1.165, 1.54) is 18.6 Å². The van der Waals surface area contributed by atoms with E-state index in [4.69, 9.17) is 9.47 Å². The van der Waals surface area contributed by atoms with Gasteiger partial charge in [0.1, 0.15) is 35.0 Å². The summed E-state index contributed by atoms with van der Waals surface area (Å²) in [6, 6.07) is 4.43. The van der Waals surface area contributed by atoms with Gasteiger partial charge in [-0.2, -0.15) is 10.1 Å². The van der Waals surface area contributed by atoms with Crippen LogP contribution in [0.25, 0.3) is 22.3 Å². The van der Waals surface area contributed by atoms with Crippen LogP contribution in [0.15, 0.2) is 29.4 Å². The van der Waals surface area contributed by atoms with Crippen LogP contribution in [-0.4, -0.2) is 66.5 Å². The molecular weight excluding hydrogens is 473 g/mol. The number of nitrogens with zero attached hydrogens (tertiary/aromatic N) is 5. The molecule has 1 aromatic carbocycles. The minimum absolute atomic E-state index is 0.139. The third-order valence-electron chi connectivity index (χ3n) is 5.43. The lowest BCUT2D eigenvalue weighted by Crippen LogP contribution is -2.42. The number of hydrogen-bond donors (Lipinski definition) is 0. The van der Waals surface area contributed by atoms with Crippen LogP contribution in [0.3, 0.4) is 0 Å². The van der Waals surface area contributed by atoms with Crippen LogP contribution in [0.1, 0.15) is 40.5 Å². The molecule has 1 fully saturated rings. The maximum atomic E-state index is 14.8. The van der Waals surface area contributed by atoms with Crippen LogP contribution in [0.4, 0.5) is 9.18 Å². The zero-order valence-corrected chi connectivity index (χ0v) is 21.8. The molecule has 11 heteroatoms. The average molecular weight is 506 g/mol. The van der Waals surface area contributed by atoms with E-state index in [1.807, 2.05) is 27.7 Å². The molecule has 1 unspecified atom stereocenters. The second-order valence-electron chi connectivity index (χ2n) is 8.18. The fraction of sp³-hybridized carbons (Fsp3) is 0.500. The van der Waals surface area contributed by atoms with Gasteiger partial charge in [0.15, 0.2) is 0 Å². The minimum Gasteiger partial charge on any atom is -0.473 e. The van der Waals surface area contributed by atoms with Crippen LogP contribution in [0.5, 0.6) is 5.88 Å². The number of piperidine rings is 1. The topological polar surface area (TPSA) is 99.4 Å². The molecule has 190 valence electrons. The van der Waals surface area contributed by atoms with Crippen molar-refractivity contribution in [1.29, 1.82) is 0 Å². The molecular formula is C24H32FN5O4S. The SMILES string of the molecule is CC.CC(C)OC(=O)N1CCC(Oc2ncnc3c(-c4ccc(S(C)=O)cc4F)nn(C)c23)CC1. The molecule has 9 nitrogen and oxygen atoms in total. The van der Waals surface area contributed by atoms with Gasteiger partial charge >= 0.3 is 6.09 Å². The van der Waals surface area contributed by atoms with E-state index in [0.717, 1.165) is 0 Å². The summed E-state index contributed by atoms with van der Waals surface area (Å²) in [7, 11) is 0.436. The van der Waals surface area contributed by atoms with Crippen molar-refractivity contribution in [3.05, 3.63) is 30.3 Å². The lowest BCUT2D eigenvalue weighted by molar-refractivity contribution is 0.0510. The summed E-state index contributed by atoms with van der Waals surface area (Å²) in [5.74, 6) is -0.166. The fourth-order valence-electron chi connectivity index (χ4n) is 3.80. The van der Waals surface area contributed by atoms with Gasteiger partial charge in [-0.3, -0.25) is 8.89 Å². The number of benzene rings is 1. The summed E-state index contributed by atoms with van der Waals surface area (Å²) < 4.78 is 39.4. The number of amides is 1. The molecule has 1 amide bonds. The van der Waals surface area contributed by atoms with Gasteiger partial charge in [-0.1, -0.05) is 13.8 Å². The molecule has 0 bridgehead atoms. The van der Waals surface area contributed by atoms with E-state index in [0.29, 0.717) is 53.4 Å². The molecule has 35 heavy (non-hydrogen) atoms. The van der Waals surface area contributed by atoms with E-state index in [2.05, 4.69) is 15.1 Å². The standard InChI is InChI=1S/C22H26FN5O4S.C2H6/c1-13(2)31-22(29)28-9-7-14(8-10-28)32-21-20-19(24-12-25-21)18(26-27(20)3)16-6-5-15(33(4)30)11-17(16)23;1-2/h5-6,11-14H,7-10H2,1-4H3;1-2H3. The Hall–Kier alpha value is -3.08. The Morgan fingerprint density at radius 2 is 1.89 bits per heavy atom. The molecule has 2 aromatic heterocycles. The predicted molar refractivity (Wildman–Crippen MR) is 132 cm³/mol. The lowest BCUT2D eigenvalue weighted by atomic mass is 10.1. The molecule has 0 spiro atoms. The molecule has 0 aliphatic carbocycles. The van der Waals surface area contributed by atoms with Gasteiger partial charge < -0.3 is 14.4 Å². The molecule has 4 rings (SSSR count). The number of carbonyl (C=O) groups is 1. The smallest absolute Gasteiger partial charge is 0.410 e. The number of aryl methyl sites for hydroxylation is 1. The Kier molecular flexibility index (Phi) is 8.76. The summed E-state index contributed by atoms with van der Waals surface area (Å²) in [4.78, 5) is 22.8. The summed E-state index contributed by atoms with van der Waals surface area (Å²) in [6.45, 7) is 8.69. The molecule has 1 saturated heterocycles. The first kappa shape index (κ1) is 26.5. The number of carbonyl (C=O) groups excluding carboxylic acids is 1. The zero-order valence-electron chi connectivity index (χ0n) is 20.9. The lowest BCUT2D eigenvalue weighted by Gasteiger charge is -2.31. The summed E-state index contributed by atoms with van der Waals surface area (Å²) >= 11 is 0. The van der Waals surface area contributed by atoms with Crippen molar-refractivity contribution in [1.82, 2.24) is 24.6 Å². The number of aromatic nitrogens is 4. The Morgan fingerprint density at radius 1 is 1.20 bits per heavy atom. The number of halogens is 1. The van der Waals surface area contributed by atoms with Crippen LogP contribution in [-0.2, 0) is 22.6 Å². The highest BCUT2D eigenvalue weighted by atomic mass is 32.2. The van der Waals surface area contributed by atoms with Crippen LogP contribution in [0.2, 0.25) is 0 Å². The second-order valence-corrected chi connectivity index (χ2v) is 9.56. The normalized spacial score (nSPS) is 15.0. The monoisotopic (exact) mass is 505 g/mol. The van der Waals surface area contributed by atoms with Gasteiger partial charge in [0, 0.05) is 60.5 Å². The molecule has 3 heterocycles. The van der Waals surface area contributed by atoms with Crippen molar-refractivity contribution in [3.8, 4) is 17.1 Å². The van der Waals surface area contributed by atoms with Crippen LogP contribution >= 0.6 is 0 Å². The van der Waals surface area contributed by atoms with Gasteiger partial charge in [-0.05, 0) is 32.0 Å². The first-order chi connectivity index (χ1) is 16.7. The fourth-order valence-corrected chi connectivity index (χ4v) is 4.33. The highest BCUT2D eigenvalue weighted by Gasteiger charge is 2.27. The van der Waals surface area contributed by atoms with Crippen LogP contribution < -0.4 is 4.74 Å². The Balaban J connectivity index is 0.00000167. The maximum absolute atomic E-state index is 14.8. The molecule has 0 saturated carbocycles. The Labute approximate surface area is 207 Å². The highest BCUT2D eigenvalue weighted by Crippen LogP contribution is 2.33. The van der Waals surface area contributed by atoms with Crippen molar-refractivity contribution in [3.63, 3.8) is 0 Å². The van der Waals surface area contributed by atoms with Crippen molar-refractivity contribution in [2.75, 3.05) is 19.3 Å². The second kappa shape index (κ2) is 11.6. The van der Waals surface area contributed by atoms with E-state index in [9.17, 15) is 13.4 Å². The number of fused-ring (bicyclic) bond motifs is 1. The quantitative estimate of drug-likeness (QED) is 0.509. The van der Waals surface area contributed by atoms with E-state index in [1.54, 1.807) is 28.8 Å². The molecule has 0 N–H and O–H groups in total. The van der Waals surface area contributed by atoms with Gasteiger partial charge in [0.2, 0.25) is 5.88 Å².